The molecule has 0 amide bonds. The highest BCUT2D eigenvalue weighted by Gasteiger charge is 2.30. The second kappa shape index (κ2) is 7.47. The van der Waals surface area contributed by atoms with Gasteiger partial charge in [0.1, 0.15) is 5.75 Å². The number of hydrogen-bond acceptors (Lipinski definition) is 1. The van der Waals surface area contributed by atoms with E-state index in [1.165, 1.54) is 12.1 Å². The van der Waals surface area contributed by atoms with Crippen molar-refractivity contribution in [3.8, 4) is 39.1 Å². The normalized spacial score (nSPS) is 11.4. The lowest BCUT2D eigenvalue weighted by molar-refractivity contribution is -0.137. The maximum absolute atomic E-state index is 13.0. The van der Waals surface area contributed by atoms with E-state index in [1.54, 1.807) is 12.1 Å². The van der Waals surface area contributed by atoms with Gasteiger partial charge in [0.15, 0.2) is 0 Å². The number of benzene rings is 4. The van der Waals surface area contributed by atoms with Gasteiger partial charge in [0.2, 0.25) is 0 Å². The van der Waals surface area contributed by atoms with E-state index in [-0.39, 0.29) is 5.75 Å². The van der Waals surface area contributed by atoms with Gasteiger partial charge in [-0.05, 0) is 57.6 Å². The number of rotatable bonds is 3. The van der Waals surface area contributed by atoms with Crippen LogP contribution in [0.15, 0.2) is 97.1 Å². The van der Waals surface area contributed by atoms with Gasteiger partial charge in [-0.25, -0.2) is 0 Å². The summed E-state index contributed by atoms with van der Waals surface area (Å²) in [5.41, 5.74) is 4.07. The first kappa shape index (κ1) is 18.8. The number of hydrogen-bond donors (Lipinski definition) is 1. The molecule has 29 heavy (non-hydrogen) atoms. The van der Waals surface area contributed by atoms with E-state index in [0.717, 1.165) is 34.4 Å². The Morgan fingerprint density at radius 1 is 0.552 bits per heavy atom. The van der Waals surface area contributed by atoms with Gasteiger partial charge in [0.05, 0.1) is 5.56 Å². The Labute approximate surface area is 166 Å². The average molecular weight is 390 g/mol. The first-order chi connectivity index (χ1) is 13.9. The number of phenols is 1. The third-order valence-corrected chi connectivity index (χ3v) is 4.79. The molecule has 1 nitrogen and oxygen atoms in total. The minimum absolute atomic E-state index is 0.0541. The van der Waals surface area contributed by atoms with Crippen molar-refractivity contribution < 1.29 is 18.3 Å². The number of aromatic hydroxyl groups is 1. The number of phenolic OH excluding ortho intramolecular Hbond substituents is 1. The molecule has 4 heteroatoms. The Morgan fingerprint density at radius 3 is 1.48 bits per heavy atom. The zero-order chi connectivity index (χ0) is 20.4. The Kier molecular flexibility index (Phi) is 4.85. The number of alkyl halides is 3. The van der Waals surface area contributed by atoms with Crippen LogP contribution in [0, 0.1) is 0 Å². The van der Waals surface area contributed by atoms with Gasteiger partial charge in [0.25, 0.3) is 0 Å². The molecule has 4 aromatic carbocycles. The quantitative estimate of drug-likeness (QED) is 0.386. The summed E-state index contributed by atoms with van der Waals surface area (Å²) >= 11 is 0. The lowest BCUT2D eigenvalue weighted by atomic mass is 9.87. The van der Waals surface area contributed by atoms with Crippen molar-refractivity contribution in [1.29, 1.82) is 0 Å². The summed E-state index contributed by atoms with van der Waals surface area (Å²) in [6.45, 7) is 0. The van der Waals surface area contributed by atoms with Gasteiger partial charge in [-0.2, -0.15) is 13.2 Å². The molecular formula is C25H17F3O. The molecule has 4 aromatic rings. The van der Waals surface area contributed by atoms with Crippen LogP contribution >= 0.6 is 0 Å². The fourth-order valence-corrected chi connectivity index (χ4v) is 3.45. The highest BCUT2D eigenvalue weighted by molar-refractivity contribution is 5.95. The van der Waals surface area contributed by atoms with Crippen LogP contribution in [0.2, 0.25) is 0 Å². The zero-order valence-corrected chi connectivity index (χ0v) is 15.3. The minimum Gasteiger partial charge on any atom is -0.508 e. The van der Waals surface area contributed by atoms with Crippen LogP contribution in [0.5, 0.6) is 5.75 Å². The molecule has 0 fully saturated rings. The van der Waals surface area contributed by atoms with Crippen LogP contribution in [0.4, 0.5) is 13.2 Å². The van der Waals surface area contributed by atoms with E-state index in [4.69, 9.17) is 0 Å². The molecule has 0 aliphatic rings. The van der Waals surface area contributed by atoms with Gasteiger partial charge in [-0.1, -0.05) is 72.8 Å². The van der Waals surface area contributed by atoms with E-state index in [1.807, 2.05) is 60.7 Å². The topological polar surface area (TPSA) is 20.2 Å². The molecule has 0 atom stereocenters. The van der Waals surface area contributed by atoms with Gasteiger partial charge >= 0.3 is 6.18 Å². The van der Waals surface area contributed by atoms with Crippen LogP contribution in [0.25, 0.3) is 33.4 Å². The molecular weight excluding hydrogens is 373 g/mol. The van der Waals surface area contributed by atoms with Gasteiger partial charge in [-0.15, -0.1) is 0 Å². The monoisotopic (exact) mass is 390 g/mol. The molecule has 0 aliphatic carbocycles. The van der Waals surface area contributed by atoms with E-state index in [0.29, 0.717) is 11.1 Å². The molecule has 1 N–H and O–H groups in total. The first-order valence-corrected chi connectivity index (χ1v) is 9.09. The fourth-order valence-electron chi connectivity index (χ4n) is 3.45. The maximum Gasteiger partial charge on any atom is 0.416 e. The van der Waals surface area contributed by atoms with Gasteiger partial charge < -0.3 is 5.11 Å². The van der Waals surface area contributed by atoms with Crippen molar-refractivity contribution in [3.05, 3.63) is 103 Å². The maximum atomic E-state index is 13.0. The van der Waals surface area contributed by atoms with Crippen LogP contribution in [-0.4, -0.2) is 5.11 Å². The SMILES string of the molecule is Oc1cc(-c2ccccc2)c(-c2ccccc2)c(-c2ccc(C(F)(F)F)cc2)c1. The lowest BCUT2D eigenvalue weighted by Crippen LogP contribution is -2.04. The Morgan fingerprint density at radius 2 is 1.00 bits per heavy atom. The van der Waals surface area contributed by atoms with E-state index in [9.17, 15) is 18.3 Å². The fraction of sp³-hybridized carbons (Fsp3) is 0.0400. The summed E-state index contributed by atoms with van der Waals surface area (Å²) in [7, 11) is 0. The van der Waals surface area contributed by atoms with E-state index >= 15 is 0 Å². The zero-order valence-electron chi connectivity index (χ0n) is 15.3. The predicted octanol–water partition coefficient (Wildman–Crippen LogP) is 7.41. The predicted molar refractivity (Wildman–Crippen MR) is 109 cm³/mol. The third kappa shape index (κ3) is 3.87. The smallest absolute Gasteiger partial charge is 0.416 e. The molecule has 0 saturated heterocycles. The second-order valence-corrected chi connectivity index (χ2v) is 6.72. The molecule has 0 bridgehead atoms. The summed E-state index contributed by atoms with van der Waals surface area (Å²) in [6, 6.07) is 27.5. The molecule has 144 valence electrons. The van der Waals surface area contributed by atoms with Crippen molar-refractivity contribution in [2.45, 2.75) is 6.18 Å². The van der Waals surface area contributed by atoms with Gasteiger partial charge in [-0.3, -0.25) is 0 Å². The summed E-state index contributed by atoms with van der Waals surface area (Å²) in [5.74, 6) is 0.0541. The standard InChI is InChI=1S/C25H17F3O/c26-25(27,28)20-13-11-18(12-14-20)23-16-21(29)15-22(17-7-3-1-4-8-17)24(23)19-9-5-2-6-10-19/h1-16,29H. The first-order valence-electron chi connectivity index (χ1n) is 9.09. The van der Waals surface area contributed by atoms with Crippen LogP contribution in [0.1, 0.15) is 5.56 Å². The van der Waals surface area contributed by atoms with Crippen molar-refractivity contribution >= 4 is 0 Å². The lowest BCUT2D eigenvalue weighted by Gasteiger charge is -2.17. The summed E-state index contributed by atoms with van der Waals surface area (Å²) in [6.07, 6.45) is -4.39. The van der Waals surface area contributed by atoms with Gasteiger partial charge in [0, 0.05) is 0 Å². The largest absolute Gasteiger partial charge is 0.508 e. The highest BCUT2D eigenvalue weighted by Crippen LogP contribution is 2.43. The molecule has 0 unspecified atom stereocenters. The Bertz CT molecular complexity index is 1120. The molecule has 0 radical (unpaired) electrons. The van der Waals surface area contributed by atoms with Crippen molar-refractivity contribution in [2.75, 3.05) is 0 Å². The Balaban J connectivity index is 1.98. The highest BCUT2D eigenvalue weighted by atomic mass is 19.4. The van der Waals surface area contributed by atoms with Crippen LogP contribution < -0.4 is 0 Å². The van der Waals surface area contributed by atoms with E-state index in [2.05, 4.69) is 0 Å². The summed E-state index contributed by atoms with van der Waals surface area (Å²) < 4.78 is 38.9. The molecule has 0 heterocycles. The van der Waals surface area contributed by atoms with Crippen molar-refractivity contribution in [3.63, 3.8) is 0 Å². The van der Waals surface area contributed by atoms with Crippen LogP contribution in [-0.2, 0) is 6.18 Å². The van der Waals surface area contributed by atoms with E-state index < -0.39 is 11.7 Å². The molecule has 0 aliphatic heterocycles. The minimum atomic E-state index is -4.39. The summed E-state index contributed by atoms with van der Waals surface area (Å²) in [4.78, 5) is 0. The number of halogens is 3. The molecule has 0 aromatic heterocycles. The molecule has 4 rings (SSSR count). The van der Waals surface area contributed by atoms with Crippen molar-refractivity contribution in [1.82, 2.24) is 0 Å². The van der Waals surface area contributed by atoms with Crippen molar-refractivity contribution in [2.24, 2.45) is 0 Å². The Hall–Kier alpha value is -3.53. The van der Waals surface area contributed by atoms with Crippen LogP contribution in [0.3, 0.4) is 0 Å². The molecule has 0 saturated carbocycles. The summed E-state index contributed by atoms with van der Waals surface area (Å²) in [5, 5.41) is 10.4. The third-order valence-electron chi connectivity index (χ3n) is 4.79. The average Bonchev–Trinajstić information content (AvgIpc) is 2.74. The second-order valence-electron chi connectivity index (χ2n) is 6.72. The molecule has 0 spiro atoms.